The van der Waals surface area contributed by atoms with Gasteiger partial charge in [0.15, 0.2) is 0 Å². The lowest BCUT2D eigenvalue weighted by Gasteiger charge is -1.99. The molecule has 0 aromatic heterocycles. The maximum Gasteiger partial charge on any atom is 0.142 e. The lowest BCUT2D eigenvalue weighted by molar-refractivity contribution is 0.411. The summed E-state index contributed by atoms with van der Waals surface area (Å²) in [5, 5.41) is 2.97. The van der Waals surface area contributed by atoms with Gasteiger partial charge in [0.25, 0.3) is 0 Å². The number of hydrogen-bond acceptors (Lipinski definition) is 2. The molecule has 0 aliphatic carbocycles. The molecule has 80 valence electrons. The number of methoxy groups -OCH3 is 1. The van der Waals surface area contributed by atoms with Crippen LogP contribution < -0.4 is 10.1 Å². The van der Waals surface area contributed by atoms with E-state index in [-0.39, 0.29) is 5.82 Å². The molecule has 15 heavy (non-hydrogen) atoms. The third kappa shape index (κ3) is 3.61. The molecule has 2 nitrogen and oxygen atoms in total. The van der Waals surface area contributed by atoms with E-state index in [4.69, 9.17) is 4.74 Å². The Labute approximate surface area is 89.4 Å². The molecule has 1 rings (SSSR count). The second kappa shape index (κ2) is 6.05. The molecule has 0 saturated heterocycles. The van der Waals surface area contributed by atoms with Gasteiger partial charge in [0, 0.05) is 19.0 Å². The van der Waals surface area contributed by atoms with Crippen LogP contribution in [0.15, 0.2) is 18.2 Å². The molecule has 0 amide bonds. The van der Waals surface area contributed by atoms with Crippen LogP contribution >= 0.6 is 0 Å². The molecule has 0 spiro atoms. The first kappa shape index (κ1) is 11.5. The van der Waals surface area contributed by atoms with Crippen molar-refractivity contribution in [3.63, 3.8) is 0 Å². The topological polar surface area (TPSA) is 21.3 Å². The highest BCUT2D eigenvalue weighted by Gasteiger charge is 2.00. The van der Waals surface area contributed by atoms with Gasteiger partial charge in [-0.05, 0) is 19.2 Å². The van der Waals surface area contributed by atoms with Crippen molar-refractivity contribution in [1.82, 2.24) is 5.32 Å². The fourth-order valence-corrected chi connectivity index (χ4v) is 1.07. The average molecular weight is 207 g/mol. The van der Waals surface area contributed by atoms with Crippen LogP contribution in [0, 0.1) is 17.7 Å². The third-order valence-electron chi connectivity index (χ3n) is 1.90. The summed E-state index contributed by atoms with van der Waals surface area (Å²) in [6.45, 7) is 0.810. The van der Waals surface area contributed by atoms with E-state index in [9.17, 15) is 4.39 Å². The lowest BCUT2D eigenvalue weighted by Crippen LogP contribution is -2.05. The summed E-state index contributed by atoms with van der Waals surface area (Å²) in [4.78, 5) is 0. The Morgan fingerprint density at radius 3 is 2.87 bits per heavy atom. The number of nitrogens with one attached hydrogen (secondary N) is 1. The summed E-state index contributed by atoms with van der Waals surface area (Å²) in [5.41, 5.74) is 0.409. The number of ether oxygens (including phenoxy) is 1. The molecular weight excluding hydrogens is 193 g/mol. The Hall–Kier alpha value is -1.53. The van der Waals surface area contributed by atoms with Crippen molar-refractivity contribution in [3.05, 3.63) is 29.6 Å². The average Bonchev–Trinajstić information content (AvgIpc) is 2.26. The van der Waals surface area contributed by atoms with E-state index in [1.807, 2.05) is 7.05 Å². The van der Waals surface area contributed by atoms with Crippen molar-refractivity contribution in [3.8, 4) is 17.6 Å². The summed E-state index contributed by atoms with van der Waals surface area (Å²) < 4.78 is 18.2. The second-order valence-electron chi connectivity index (χ2n) is 3.00. The Bertz CT molecular complexity index is 379. The van der Waals surface area contributed by atoms with Crippen LogP contribution in [-0.2, 0) is 0 Å². The van der Waals surface area contributed by atoms with E-state index < -0.39 is 0 Å². The van der Waals surface area contributed by atoms with Crippen LogP contribution in [0.3, 0.4) is 0 Å². The van der Waals surface area contributed by atoms with E-state index in [0.29, 0.717) is 17.7 Å². The van der Waals surface area contributed by atoms with Gasteiger partial charge in [-0.2, -0.15) is 0 Å². The highest BCUT2D eigenvalue weighted by molar-refractivity contribution is 5.39. The predicted molar refractivity (Wildman–Crippen MR) is 58.4 cm³/mol. The Morgan fingerprint density at radius 2 is 2.27 bits per heavy atom. The highest BCUT2D eigenvalue weighted by Crippen LogP contribution is 2.15. The molecule has 0 bridgehead atoms. The zero-order valence-electron chi connectivity index (χ0n) is 8.93. The maximum atomic E-state index is 13.3. The van der Waals surface area contributed by atoms with Gasteiger partial charge >= 0.3 is 0 Å². The quantitative estimate of drug-likeness (QED) is 0.602. The summed E-state index contributed by atoms with van der Waals surface area (Å²) in [7, 11) is 3.36. The molecular formula is C12H14FNO. The monoisotopic (exact) mass is 207 g/mol. The maximum absolute atomic E-state index is 13.3. The molecule has 0 atom stereocenters. The molecule has 3 heteroatoms. The smallest absolute Gasteiger partial charge is 0.142 e. The van der Waals surface area contributed by atoms with E-state index in [1.54, 1.807) is 12.1 Å². The first-order valence-corrected chi connectivity index (χ1v) is 4.75. The molecule has 1 aromatic carbocycles. The second-order valence-corrected chi connectivity index (χ2v) is 3.00. The number of halogens is 1. The molecule has 0 radical (unpaired) electrons. The van der Waals surface area contributed by atoms with Crippen LogP contribution in [0.25, 0.3) is 0 Å². The van der Waals surface area contributed by atoms with Crippen molar-refractivity contribution < 1.29 is 9.13 Å². The fourth-order valence-electron chi connectivity index (χ4n) is 1.07. The van der Waals surface area contributed by atoms with Crippen LogP contribution in [0.5, 0.6) is 5.75 Å². The molecule has 0 aliphatic rings. The molecule has 0 heterocycles. The highest BCUT2D eigenvalue weighted by atomic mass is 19.1. The van der Waals surface area contributed by atoms with Crippen molar-refractivity contribution in [2.24, 2.45) is 0 Å². The van der Waals surface area contributed by atoms with E-state index in [0.717, 1.165) is 6.54 Å². The molecule has 1 N–H and O–H groups in total. The van der Waals surface area contributed by atoms with Gasteiger partial charge in [0.1, 0.15) is 11.6 Å². The van der Waals surface area contributed by atoms with Crippen LogP contribution in [0.2, 0.25) is 0 Å². The zero-order valence-corrected chi connectivity index (χ0v) is 8.93. The first-order chi connectivity index (χ1) is 7.27. The molecule has 1 aromatic rings. The van der Waals surface area contributed by atoms with Crippen molar-refractivity contribution in [2.75, 3.05) is 20.7 Å². The summed E-state index contributed by atoms with van der Waals surface area (Å²) in [6, 6.07) is 4.66. The lowest BCUT2D eigenvalue weighted by atomic mass is 10.2. The number of benzene rings is 1. The van der Waals surface area contributed by atoms with E-state index in [2.05, 4.69) is 17.2 Å². The standard InChI is InChI=1S/C12H14FNO/c1-14-8-4-3-5-10-6-7-11(15-2)9-12(10)13/h6-7,9,14H,4,8H2,1-2H3. The van der Waals surface area contributed by atoms with Crippen LogP contribution in [0.4, 0.5) is 4.39 Å². The minimum absolute atomic E-state index is 0.341. The van der Waals surface area contributed by atoms with Gasteiger partial charge in [0.05, 0.1) is 12.7 Å². The van der Waals surface area contributed by atoms with E-state index in [1.165, 1.54) is 13.2 Å². The summed E-state index contributed by atoms with van der Waals surface area (Å²) in [5.74, 6) is 5.83. The molecule has 0 saturated carbocycles. The predicted octanol–water partition coefficient (Wildman–Crippen LogP) is 1.80. The SMILES string of the molecule is CNCCC#Cc1ccc(OC)cc1F. The van der Waals surface area contributed by atoms with Crippen molar-refractivity contribution in [1.29, 1.82) is 0 Å². The summed E-state index contributed by atoms with van der Waals surface area (Å²) >= 11 is 0. The minimum atomic E-state index is -0.341. The van der Waals surface area contributed by atoms with Gasteiger partial charge in [0.2, 0.25) is 0 Å². The Morgan fingerprint density at radius 1 is 1.47 bits per heavy atom. The zero-order chi connectivity index (χ0) is 11.1. The fraction of sp³-hybridized carbons (Fsp3) is 0.333. The van der Waals surface area contributed by atoms with Gasteiger partial charge in [-0.1, -0.05) is 11.8 Å². The van der Waals surface area contributed by atoms with Gasteiger partial charge in [-0.15, -0.1) is 0 Å². The van der Waals surface area contributed by atoms with E-state index >= 15 is 0 Å². The molecule has 0 fully saturated rings. The first-order valence-electron chi connectivity index (χ1n) is 4.75. The Balaban J connectivity index is 2.72. The third-order valence-corrected chi connectivity index (χ3v) is 1.90. The van der Waals surface area contributed by atoms with Gasteiger partial charge in [-0.25, -0.2) is 4.39 Å². The normalized spacial score (nSPS) is 9.27. The van der Waals surface area contributed by atoms with Crippen LogP contribution in [-0.4, -0.2) is 20.7 Å². The van der Waals surface area contributed by atoms with Crippen LogP contribution in [0.1, 0.15) is 12.0 Å². The largest absolute Gasteiger partial charge is 0.497 e. The number of rotatable bonds is 3. The van der Waals surface area contributed by atoms with Gasteiger partial charge < -0.3 is 10.1 Å². The van der Waals surface area contributed by atoms with Crippen molar-refractivity contribution in [2.45, 2.75) is 6.42 Å². The summed E-state index contributed by atoms with van der Waals surface area (Å²) in [6.07, 6.45) is 0.710. The van der Waals surface area contributed by atoms with Crippen molar-refractivity contribution >= 4 is 0 Å². The Kier molecular flexibility index (Phi) is 4.65. The minimum Gasteiger partial charge on any atom is -0.497 e. The molecule has 0 unspecified atom stereocenters. The molecule has 0 aliphatic heterocycles. The number of hydrogen-bond donors (Lipinski definition) is 1. The van der Waals surface area contributed by atoms with Gasteiger partial charge in [-0.3, -0.25) is 0 Å².